The number of rotatable bonds is 6. The number of Topliss-reactive ketones (excluding diaryl/α,β-unsaturated/α-hetero) is 1. The van der Waals surface area contributed by atoms with Gasteiger partial charge in [-0.1, -0.05) is 36.4 Å². The molecule has 0 aliphatic heterocycles. The van der Waals surface area contributed by atoms with Crippen molar-refractivity contribution >= 4 is 22.5 Å². The van der Waals surface area contributed by atoms with Crippen molar-refractivity contribution in [1.82, 2.24) is 5.32 Å². The maximum atomic E-state index is 11.7. The molecular weight excluding hydrogens is 266 g/mol. The third kappa shape index (κ3) is 3.48. The number of benzene rings is 2. The van der Waals surface area contributed by atoms with Gasteiger partial charge in [-0.15, -0.1) is 6.58 Å². The van der Waals surface area contributed by atoms with Crippen LogP contribution in [0.25, 0.3) is 10.8 Å². The van der Waals surface area contributed by atoms with Crippen LogP contribution in [0, 0.1) is 0 Å². The molecule has 21 heavy (non-hydrogen) atoms. The van der Waals surface area contributed by atoms with Crippen molar-refractivity contribution < 1.29 is 14.3 Å². The lowest BCUT2D eigenvalue weighted by Gasteiger charge is -2.12. The van der Waals surface area contributed by atoms with Crippen LogP contribution in [-0.4, -0.2) is 24.8 Å². The maximum Gasteiger partial charge on any atom is 0.258 e. The second-order valence-corrected chi connectivity index (χ2v) is 4.60. The number of carbonyl (C=O) groups excluding carboxylic acids is 2. The molecule has 2 rings (SSSR count). The second-order valence-electron chi connectivity index (χ2n) is 4.60. The molecule has 0 unspecified atom stereocenters. The summed E-state index contributed by atoms with van der Waals surface area (Å²) in [6, 6.07) is 11.2. The van der Waals surface area contributed by atoms with Crippen LogP contribution in [0.15, 0.2) is 49.1 Å². The van der Waals surface area contributed by atoms with Crippen LogP contribution >= 0.6 is 0 Å². The second kappa shape index (κ2) is 6.70. The van der Waals surface area contributed by atoms with Gasteiger partial charge in [0.15, 0.2) is 12.4 Å². The Kier molecular flexibility index (Phi) is 4.72. The smallest absolute Gasteiger partial charge is 0.258 e. The summed E-state index contributed by atoms with van der Waals surface area (Å²) in [5.41, 5.74) is 0.477. The van der Waals surface area contributed by atoms with E-state index in [-0.39, 0.29) is 18.3 Å². The summed E-state index contributed by atoms with van der Waals surface area (Å²) in [6.07, 6.45) is 1.59. The SMILES string of the molecule is C=CCNC(=O)COc1c(C(C)=O)ccc2ccccc12. The molecule has 4 nitrogen and oxygen atoms in total. The quantitative estimate of drug-likeness (QED) is 0.655. The molecule has 1 amide bonds. The van der Waals surface area contributed by atoms with E-state index in [1.807, 2.05) is 30.3 Å². The van der Waals surface area contributed by atoms with Crippen LogP contribution in [-0.2, 0) is 4.79 Å². The Labute approximate surface area is 123 Å². The minimum Gasteiger partial charge on any atom is -0.482 e. The van der Waals surface area contributed by atoms with Gasteiger partial charge in [-0.25, -0.2) is 0 Å². The highest BCUT2D eigenvalue weighted by atomic mass is 16.5. The Bertz CT molecular complexity index is 691. The average molecular weight is 283 g/mol. The number of hydrogen-bond acceptors (Lipinski definition) is 3. The molecule has 0 atom stereocenters. The molecule has 108 valence electrons. The van der Waals surface area contributed by atoms with Crippen molar-refractivity contribution in [2.24, 2.45) is 0 Å². The Morgan fingerprint density at radius 3 is 2.71 bits per heavy atom. The van der Waals surface area contributed by atoms with Gasteiger partial charge < -0.3 is 10.1 Å². The summed E-state index contributed by atoms with van der Waals surface area (Å²) < 4.78 is 5.60. The molecule has 0 radical (unpaired) electrons. The molecule has 2 aromatic carbocycles. The van der Waals surface area contributed by atoms with E-state index >= 15 is 0 Å². The summed E-state index contributed by atoms with van der Waals surface area (Å²) in [7, 11) is 0. The zero-order valence-electron chi connectivity index (χ0n) is 11.9. The number of ether oxygens (including phenoxy) is 1. The lowest BCUT2D eigenvalue weighted by molar-refractivity contribution is -0.122. The molecule has 0 heterocycles. The van der Waals surface area contributed by atoms with Crippen LogP contribution in [0.1, 0.15) is 17.3 Å². The van der Waals surface area contributed by atoms with Gasteiger partial charge in [0.1, 0.15) is 5.75 Å². The van der Waals surface area contributed by atoms with Gasteiger partial charge in [0, 0.05) is 11.9 Å². The van der Waals surface area contributed by atoms with Crippen LogP contribution < -0.4 is 10.1 Å². The number of carbonyl (C=O) groups is 2. The number of hydrogen-bond donors (Lipinski definition) is 1. The first-order valence-corrected chi connectivity index (χ1v) is 6.66. The zero-order chi connectivity index (χ0) is 15.2. The highest BCUT2D eigenvalue weighted by Gasteiger charge is 2.13. The third-order valence-corrected chi connectivity index (χ3v) is 3.05. The van der Waals surface area contributed by atoms with Crippen LogP contribution in [0.2, 0.25) is 0 Å². The molecule has 0 aliphatic rings. The zero-order valence-corrected chi connectivity index (χ0v) is 11.9. The molecular formula is C17H17NO3. The van der Waals surface area contributed by atoms with Crippen molar-refractivity contribution in [3.63, 3.8) is 0 Å². The van der Waals surface area contributed by atoms with E-state index in [1.165, 1.54) is 6.92 Å². The topological polar surface area (TPSA) is 55.4 Å². The van der Waals surface area contributed by atoms with Gasteiger partial charge in [-0.3, -0.25) is 9.59 Å². The van der Waals surface area contributed by atoms with Crippen molar-refractivity contribution in [2.45, 2.75) is 6.92 Å². The Hall–Kier alpha value is -2.62. The number of ketones is 1. The molecule has 1 N–H and O–H groups in total. The predicted octanol–water partition coefficient (Wildman–Crippen LogP) is 2.72. The van der Waals surface area contributed by atoms with Crippen LogP contribution in [0.4, 0.5) is 0 Å². The van der Waals surface area contributed by atoms with E-state index in [1.54, 1.807) is 12.1 Å². The summed E-state index contributed by atoms with van der Waals surface area (Å²) >= 11 is 0. The fraction of sp³-hybridized carbons (Fsp3) is 0.176. The average Bonchev–Trinajstić information content (AvgIpc) is 2.50. The van der Waals surface area contributed by atoms with E-state index in [0.717, 1.165) is 10.8 Å². The number of nitrogens with one attached hydrogen (secondary N) is 1. The van der Waals surface area contributed by atoms with Crippen LogP contribution in [0.3, 0.4) is 0 Å². The third-order valence-electron chi connectivity index (χ3n) is 3.05. The van der Waals surface area contributed by atoms with Crippen molar-refractivity contribution in [2.75, 3.05) is 13.2 Å². The van der Waals surface area contributed by atoms with Gasteiger partial charge in [0.25, 0.3) is 5.91 Å². The summed E-state index contributed by atoms with van der Waals surface area (Å²) in [5.74, 6) is 0.106. The van der Waals surface area contributed by atoms with Gasteiger partial charge in [-0.05, 0) is 18.4 Å². The molecule has 0 spiro atoms. The predicted molar refractivity (Wildman–Crippen MR) is 82.7 cm³/mol. The normalized spacial score (nSPS) is 10.1. The Morgan fingerprint density at radius 2 is 2.00 bits per heavy atom. The number of fused-ring (bicyclic) bond motifs is 1. The first kappa shape index (κ1) is 14.8. The minimum atomic E-state index is -0.252. The van der Waals surface area contributed by atoms with Gasteiger partial charge in [0.05, 0.1) is 5.56 Å². The van der Waals surface area contributed by atoms with E-state index in [9.17, 15) is 9.59 Å². The molecule has 2 aromatic rings. The monoisotopic (exact) mass is 283 g/mol. The summed E-state index contributed by atoms with van der Waals surface area (Å²) in [5, 5.41) is 4.42. The summed E-state index contributed by atoms with van der Waals surface area (Å²) in [4.78, 5) is 23.4. The van der Waals surface area contributed by atoms with Crippen molar-refractivity contribution in [1.29, 1.82) is 0 Å². The largest absolute Gasteiger partial charge is 0.482 e. The molecule has 4 heteroatoms. The lowest BCUT2D eigenvalue weighted by Crippen LogP contribution is -2.29. The Balaban J connectivity index is 2.31. The van der Waals surface area contributed by atoms with E-state index < -0.39 is 0 Å². The van der Waals surface area contributed by atoms with Gasteiger partial charge >= 0.3 is 0 Å². The summed E-state index contributed by atoms with van der Waals surface area (Å²) in [6.45, 7) is 5.26. The molecule has 0 aliphatic carbocycles. The first-order chi connectivity index (χ1) is 10.1. The highest BCUT2D eigenvalue weighted by Crippen LogP contribution is 2.30. The van der Waals surface area contributed by atoms with E-state index in [4.69, 9.17) is 4.74 Å². The Morgan fingerprint density at radius 1 is 1.24 bits per heavy atom. The molecule has 0 bridgehead atoms. The molecule has 0 saturated carbocycles. The lowest BCUT2D eigenvalue weighted by atomic mass is 10.0. The highest BCUT2D eigenvalue weighted by molar-refractivity contribution is 6.03. The van der Waals surface area contributed by atoms with Crippen molar-refractivity contribution in [3.05, 3.63) is 54.6 Å². The standard InChI is InChI=1S/C17H17NO3/c1-3-10-18-16(20)11-21-17-14(12(2)19)9-8-13-6-4-5-7-15(13)17/h3-9H,1,10-11H2,2H3,(H,18,20). The van der Waals surface area contributed by atoms with Gasteiger partial charge in [0.2, 0.25) is 0 Å². The molecule has 0 fully saturated rings. The van der Waals surface area contributed by atoms with E-state index in [2.05, 4.69) is 11.9 Å². The van der Waals surface area contributed by atoms with Crippen LogP contribution in [0.5, 0.6) is 5.75 Å². The molecule has 0 aromatic heterocycles. The molecule has 0 saturated heterocycles. The minimum absolute atomic E-state index is 0.0951. The van der Waals surface area contributed by atoms with Gasteiger partial charge in [-0.2, -0.15) is 0 Å². The van der Waals surface area contributed by atoms with Crippen molar-refractivity contribution in [3.8, 4) is 5.75 Å². The fourth-order valence-electron chi connectivity index (χ4n) is 2.05. The number of amides is 1. The van der Waals surface area contributed by atoms with E-state index in [0.29, 0.717) is 17.9 Å². The fourth-order valence-corrected chi connectivity index (χ4v) is 2.05. The first-order valence-electron chi connectivity index (χ1n) is 6.66. The maximum absolute atomic E-state index is 11.7.